The lowest BCUT2D eigenvalue weighted by molar-refractivity contribution is 0.456. The highest BCUT2D eigenvalue weighted by molar-refractivity contribution is 5.04. The molecule has 1 N–H and O–H groups in total. The van der Waals surface area contributed by atoms with Gasteiger partial charge in [0.15, 0.2) is 0 Å². The summed E-state index contributed by atoms with van der Waals surface area (Å²) >= 11 is 0. The standard InChI is InChI=1S/C12H20N6/c1-10(2)6-18-12(14-9-16-18)8-17-7-11(4-13-3)5-15-17/h5,7,9-10,13H,4,6,8H2,1-3H3. The number of hydrogen-bond acceptors (Lipinski definition) is 4. The molecule has 0 unspecified atom stereocenters. The highest BCUT2D eigenvalue weighted by Gasteiger charge is 2.07. The van der Waals surface area contributed by atoms with E-state index in [0.29, 0.717) is 12.5 Å². The van der Waals surface area contributed by atoms with Crippen molar-refractivity contribution in [3.05, 3.63) is 30.1 Å². The third-order valence-corrected chi connectivity index (χ3v) is 2.60. The van der Waals surface area contributed by atoms with Crippen molar-refractivity contribution in [3.63, 3.8) is 0 Å². The van der Waals surface area contributed by atoms with Gasteiger partial charge in [-0.1, -0.05) is 13.8 Å². The van der Waals surface area contributed by atoms with Crippen LogP contribution in [-0.4, -0.2) is 31.6 Å². The first-order chi connectivity index (χ1) is 8.69. The van der Waals surface area contributed by atoms with Gasteiger partial charge in [0.1, 0.15) is 18.7 Å². The molecule has 6 nitrogen and oxygen atoms in total. The zero-order valence-electron chi connectivity index (χ0n) is 11.2. The van der Waals surface area contributed by atoms with E-state index in [4.69, 9.17) is 0 Å². The maximum atomic E-state index is 4.33. The second kappa shape index (κ2) is 5.77. The molecule has 0 aliphatic heterocycles. The van der Waals surface area contributed by atoms with Crippen LogP contribution < -0.4 is 5.32 Å². The molecule has 0 aromatic carbocycles. The number of hydrogen-bond donors (Lipinski definition) is 1. The maximum Gasteiger partial charge on any atom is 0.148 e. The fraction of sp³-hybridized carbons (Fsp3) is 0.583. The van der Waals surface area contributed by atoms with Gasteiger partial charge in [-0.05, 0) is 13.0 Å². The molecule has 0 aliphatic rings. The van der Waals surface area contributed by atoms with E-state index < -0.39 is 0 Å². The van der Waals surface area contributed by atoms with E-state index in [-0.39, 0.29) is 0 Å². The number of nitrogens with zero attached hydrogens (tertiary/aromatic N) is 5. The molecule has 0 saturated carbocycles. The van der Waals surface area contributed by atoms with E-state index in [9.17, 15) is 0 Å². The Kier molecular flexibility index (Phi) is 4.09. The minimum absolute atomic E-state index is 0.558. The van der Waals surface area contributed by atoms with Gasteiger partial charge in [-0.2, -0.15) is 10.2 Å². The van der Waals surface area contributed by atoms with Gasteiger partial charge in [-0.3, -0.25) is 4.68 Å². The highest BCUT2D eigenvalue weighted by Crippen LogP contribution is 2.04. The van der Waals surface area contributed by atoms with E-state index in [1.807, 2.05) is 28.8 Å². The van der Waals surface area contributed by atoms with Gasteiger partial charge in [0.25, 0.3) is 0 Å². The Hall–Kier alpha value is -1.69. The largest absolute Gasteiger partial charge is 0.316 e. The lowest BCUT2D eigenvalue weighted by Crippen LogP contribution is -2.13. The molecule has 0 atom stereocenters. The predicted octanol–water partition coefficient (Wildman–Crippen LogP) is 0.898. The minimum atomic E-state index is 0.558. The lowest BCUT2D eigenvalue weighted by Gasteiger charge is -2.08. The van der Waals surface area contributed by atoms with Gasteiger partial charge >= 0.3 is 0 Å². The molecule has 18 heavy (non-hydrogen) atoms. The monoisotopic (exact) mass is 248 g/mol. The van der Waals surface area contributed by atoms with Crippen LogP contribution in [0.5, 0.6) is 0 Å². The number of aromatic nitrogens is 5. The Bertz CT molecular complexity index is 484. The summed E-state index contributed by atoms with van der Waals surface area (Å²) in [5, 5.41) is 11.7. The Morgan fingerprint density at radius 3 is 2.89 bits per heavy atom. The fourth-order valence-corrected chi connectivity index (χ4v) is 1.84. The van der Waals surface area contributed by atoms with Crippen LogP contribution >= 0.6 is 0 Å². The Balaban J connectivity index is 2.06. The van der Waals surface area contributed by atoms with E-state index >= 15 is 0 Å². The van der Waals surface area contributed by atoms with Gasteiger partial charge < -0.3 is 5.32 Å². The molecule has 0 bridgehead atoms. The summed E-state index contributed by atoms with van der Waals surface area (Å²) < 4.78 is 3.84. The average molecular weight is 248 g/mol. The van der Waals surface area contributed by atoms with Crippen molar-refractivity contribution in [1.29, 1.82) is 0 Å². The summed E-state index contributed by atoms with van der Waals surface area (Å²) in [6.45, 7) is 6.73. The molecule has 0 amide bonds. The maximum absolute atomic E-state index is 4.33. The average Bonchev–Trinajstić information content (AvgIpc) is 2.90. The van der Waals surface area contributed by atoms with Crippen molar-refractivity contribution >= 4 is 0 Å². The van der Waals surface area contributed by atoms with Crippen molar-refractivity contribution in [2.24, 2.45) is 5.92 Å². The second-order valence-corrected chi connectivity index (χ2v) is 4.83. The summed E-state index contributed by atoms with van der Waals surface area (Å²) in [6.07, 6.45) is 5.51. The SMILES string of the molecule is CNCc1cnn(Cc2ncnn2CC(C)C)c1. The minimum Gasteiger partial charge on any atom is -0.316 e. The molecular weight excluding hydrogens is 228 g/mol. The fourth-order valence-electron chi connectivity index (χ4n) is 1.84. The highest BCUT2D eigenvalue weighted by atomic mass is 15.4. The zero-order valence-corrected chi connectivity index (χ0v) is 11.2. The first-order valence-corrected chi connectivity index (χ1v) is 6.21. The van der Waals surface area contributed by atoms with Crippen molar-refractivity contribution in [3.8, 4) is 0 Å². The summed E-state index contributed by atoms with van der Waals surface area (Å²) in [5.41, 5.74) is 1.17. The van der Waals surface area contributed by atoms with Gasteiger partial charge in [0.2, 0.25) is 0 Å². The zero-order chi connectivity index (χ0) is 13.0. The van der Waals surface area contributed by atoms with Crippen LogP contribution in [0.15, 0.2) is 18.7 Å². The first-order valence-electron chi connectivity index (χ1n) is 6.21. The van der Waals surface area contributed by atoms with Gasteiger partial charge in [-0.25, -0.2) is 9.67 Å². The van der Waals surface area contributed by atoms with Crippen molar-refractivity contribution in [1.82, 2.24) is 29.9 Å². The summed E-state index contributed by atoms with van der Waals surface area (Å²) in [7, 11) is 1.93. The lowest BCUT2D eigenvalue weighted by atomic mass is 10.2. The van der Waals surface area contributed by atoms with Gasteiger partial charge in [0.05, 0.1) is 6.20 Å². The molecule has 0 spiro atoms. The molecule has 6 heteroatoms. The van der Waals surface area contributed by atoms with Crippen molar-refractivity contribution < 1.29 is 0 Å². The molecule has 2 aromatic rings. The second-order valence-electron chi connectivity index (χ2n) is 4.83. The molecule has 2 aromatic heterocycles. The number of rotatable bonds is 6. The Morgan fingerprint density at radius 1 is 1.33 bits per heavy atom. The van der Waals surface area contributed by atoms with Crippen LogP contribution in [0.1, 0.15) is 25.2 Å². The van der Waals surface area contributed by atoms with Crippen LogP contribution in [-0.2, 0) is 19.6 Å². The summed E-state index contributed by atoms with van der Waals surface area (Å²) in [6, 6.07) is 0. The van der Waals surface area contributed by atoms with E-state index in [2.05, 4.69) is 34.3 Å². The molecule has 0 fully saturated rings. The molecule has 0 saturated heterocycles. The summed E-state index contributed by atoms with van der Waals surface area (Å²) in [4.78, 5) is 4.30. The molecule has 0 aliphatic carbocycles. The topological polar surface area (TPSA) is 60.6 Å². The Morgan fingerprint density at radius 2 is 2.17 bits per heavy atom. The number of nitrogens with one attached hydrogen (secondary N) is 1. The molecule has 0 radical (unpaired) electrons. The van der Waals surface area contributed by atoms with E-state index in [1.54, 1.807) is 6.33 Å². The third kappa shape index (κ3) is 3.16. The van der Waals surface area contributed by atoms with Crippen molar-refractivity contribution in [2.45, 2.75) is 33.5 Å². The van der Waals surface area contributed by atoms with Gasteiger partial charge in [-0.15, -0.1) is 0 Å². The first kappa shape index (κ1) is 12.8. The molecule has 98 valence electrons. The molecular formula is C12H20N6. The van der Waals surface area contributed by atoms with Crippen LogP contribution in [0.25, 0.3) is 0 Å². The van der Waals surface area contributed by atoms with E-state index in [0.717, 1.165) is 18.9 Å². The predicted molar refractivity (Wildman–Crippen MR) is 69.0 cm³/mol. The quantitative estimate of drug-likeness (QED) is 0.825. The third-order valence-electron chi connectivity index (χ3n) is 2.60. The van der Waals surface area contributed by atoms with E-state index in [1.165, 1.54) is 5.56 Å². The van der Waals surface area contributed by atoms with Crippen molar-refractivity contribution in [2.75, 3.05) is 7.05 Å². The smallest absolute Gasteiger partial charge is 0.148 e. The molecule has 2 heterocycles. The normalized spacial score (nSPS) is 11.3. The van der Waals surface area contributed by atoms with Gasteiger partial charge in [0, 0.05) is 24.8 Å². The molecule has 2 rings (SSSR count). The van der Waals surface area contributed by atoms with Crippen LogP contribution in [0.4, 0.5) is 0 Å². The van der Waals surface area contributed by atoms with Crippen LogP contribution in [0, 0.1) is 5.92 Å². The summed E-state index contributed by atoms with van der Waals surface area (Å²) in [5.74, 6) is 1.51. The van der Waals surface area contributed by atoms with Crippen LogP contribution in [0.3, 0.4) is 0 Å². The Labute approximate surface area is 107 Å². The van der Waals surface area contributed by atoms with Crippen LogP contribution in [0.2, 0.25) is 0 Å².